The minimum absolute atomic E-state index is 0.0212. The van der Waals surface area contributed by atoms with Crippen molar-refractivity contribution in [1.29, 1.82) is 5.26 Å². The number of rotatable bonds is 5. The fourth-order valence-electron chi connectivity index (χ4n) is 2.52. The maximum absolute atomic E-state index is 14.0. The second kappa shape index (κ2) is 7.33. The summed E-state index contributed by atoms with van der Waals surface area (Å²) in [6.45, 7) is 3.26. The van der Waals surface area contributed by atoms with Crippen LogP contribution >= 0.6 is 0 Å². The van der Waals surface area contributed by atoms with Crippen molar-refractivity contribution in [3.05, 3.63) is 53.1 Å². The van der Waals surface area contributed by atoms with Crippen molar-refractivity contribution < 1.29 is 17.4 Å². The predicted octanol–water partition coefficient (Wildman–Crippen LogP) is 3.64. The molecule has 1 aromatic carbocycles. The lowest BCUT2D eigenvalue weighted by Crippen LogP contribution is -2.34. The Labute approximate surface area is 146 Å². The number of hydrogen-bond donors (Lipinski definition) is 1. The normalized spacial score (nSPS) is 12.9. The maximum atomic E-state index is 14.0. The van der Waals surface area contributed by atoms with Crippen LogP contribution in [0.25, 0.3) is 11.1 Å². The Morgan fingerprint density at radius 1 is 1.36 bits per heavy atom. The zero-order valence-electron chi connectivity index (χ0n) is 13.6. The number of nitrogens with zero attached hydrogens (tertiary/aromatic N) is 2. The molecule has 0 spiro atoms. The van der Waals surface area contributed by atoms with Gasteiger partial charge in [0.25, 0.3) is 6.43 Å². The summed E-state index contributed by atoms with van der Waals surface area (Å²) in [6, 6.07) is 7.01. The van der Waals surface area contributed by atoms with Crippen LogP contribution in [0.3, 0.4) is 0 Å². The van der Waals surface area contributed by atoms with Gasteiger partial charge in [0, 0.05) is 17.3 Å². The molecule has 0 aliphatic carbocycles. The van der Waals surface area contributed by atoms with Crippen LogP contribution in [0.5, 0.6) is 0 Å². The molecule has 25 heavy (non-hydrogen) atoms. The minimum atomic E-state index is -2.92. The van der Waals surface area contributed by atoms with E-state index in [4.69, 9.17) is 5.14 Å². The summed E-state index contributed by atoms with van der Waals surface area (Å²) in [6.07, 6.45) is -1.62. The molecule has 2 N–H and O–H groups in total. The van der Waals surface area contributed by atoms with Gasteiger partial charge in [-0.15, -0.1) is 0 Å². The van der Waals surface area contributed by atoms with Crippen LogP contribution in [-0.4, -0.2) is 13.9 Å². The standard InChI is InChI=1S/C17H16F3N3OS/c1-17(2,25(22)24)8-10-6-7-23-15(16(19)20)14(10)11-4-3-5-13(18)12(11)9-21/h3-7,16H,8,22H2,1-2H3. The van der Waals surface area contributed by atoms with E-state index in [0.717, 1.165) is 6.07 Å². The van der Waals surface area contributed by atoms with Gasteiger partial charge in [0.1, 0.15) is 17.6 Å². The number of alkyl halides is 2. The molecule has 0 aliphatic heterocycles. The maximum Gasteiger partial charge on any atom is 0.280 e. The van der Waals surface area contributed by atoms with Crippen LogP contribution in [0, 0.1) is 17.1 Å². The fraction of sp³-hybridized carbons (Fsp3) is 0.294. The summed E-state index contributed by atoms with van der Waals surface area (Å²) in [4.78, 5) is 3.71. The molecule has 132 valence electrons. The Bertz CT molecular complexity index is 863. The lowest BCUT2D eigenvalue weighted by atomic mass is 9.90. The molecule has 0 bridgehead atoms. The van der Waals surface area contributed by atoms with Crippen molar-refractivity contribution in [2.75, 3.05) is 0 Å². The summed E-state index contributed by atoms with van der Waals surface area (Å²) >= 11 is 0. The van der Waals surface area contributed by atoms with Crippen LogP contribution < -0.4 is 5.14 Å². The number of benzene rings is 1. The first-order valence-corrected chi connectivity index (χ1v) is 8.51. The number of hydrogen-bond acceptors (Lipinski definition) is 3. The molecule has 1 heterocycles. The SMILES string of the molecule is CC(C)(Cc1ccnc(C(F)F)c1-c1cccc(F)c1C#N)S(N)=O. The smallest absolute Gasteiger partial charge is 0.255 e. The summed E-state index contributed by atoms with van der Waals surface area (Å²) in [5.74, 6) is -0.809. The molecule has 0 saturated carbocycles. The lowest BCUT2D eigenvalue weighted by Gasteiger charge is -2.24. The quantitative estimate of drug-likeness (QED) is 0.876. The van der Waals surface area contributed by atoms with E-state index < -0.39 is 33.7 Å². The van der Waals surface area contributed by atoms with Gasteiger partial charge in [0.15, 0.2) is 0 Å². The van der Waals surface area contributed by atoms with Crippen LogP contribution in [0.1, 0.15) is 37.1 Å². The van der Waals surface area contributed by atoms with E-state index in [1.54, 1.807) is 19.9 Å². The summed E-state index contributed by atoms with van der Waals surface area (Å²) in [5, 5.41) is 14.7. The zero-order valence-corrected chi connectivity index (χ0v) is 14.4. The molecule has 0 saturated heterocycles. The molecule has 2 rings (SSSR count). The van der Waals surface area contributed by atoms with Gasteiger partial charge in [-0.25, -0.2) is 17.4 Å². The largest absolute Gasteiger partial charge is 0.280 e. The van der Waals surface area contributed by atoms with E-state index in [2.05, 4.69) is 4.98 Å². The van der Waals surface area contributed by atoms with Crippen LogP contribution in [0.15, 0.2) is 30.5 Å². The Balaban J connectivity index is 2.78. The highest BCUT2D eigenvalue weighted by atomic mass is 32.2. The molecule has 1 atom stereocenters. The first-order chi connectivity index (χ1) is 11.7. The molecule has 8 heteroatoms. The van der Waals surface area contributed by atoms with E-state index >= 15 is 0 Å². The van der Waals surface area contributed by atoms with Crippen molar-refractivity contribution >= 4 is 11.0 Å². The van der Waals surface area contributed by atoms with Gasteiger partial charge < -0.3 is 0 Å². The highest BCUT2D eigenvalue weighted by Gasteiger charge is 2.29. The summed E-state index contributed by atoms with van der Waals surface area (Å²) in [7, 11) is -1.72. The Kier molecular flexibility index (Phi) is 5.60. The van der Waals surface area contributed by atoms with Crippen molar-refractivity contribution in [2.45, 2.75) is 31.4 Å². The van der Waals surface area contributed by atoms with Gasteiger partial charge in [-0.2, -0.15) is 5.26 Å². The molecule has 2 aromatic rings. The minimum Gasteiger partial charge on any atom is -0.255 e. The number of aromatic nitrogens is 1. The highest BCUT2D eigenvalue weighted by molar-refractivity contribution is 7.84. The van der Waals surface area contributed by atoms with Gasteiger partial charge in [-0.05, 0) is 38.0 Å². The molecule has 0 aliphatic rings. The molecular formula is C17H16F3N3OS. The van der Waals surface area contributed by atoms with E-state index in [9.17, 15) is 22.6 Å². The third-order valence-electron chi connectivity index (χ3n) is 3.83. The average Bonchev–Trinajstić information content (AvgIpc) is 2.53. The molecule has 0 fully saturated rings. The van der Waals surface area contributed by atoms with E-state index in [-0.39, 0.29) is 23.1 Å². The van der Waals surface area contributed by atoms with E-state index in [1.165, 1.54) is 24.4 Å². The van der Waals surface area contributed by atoms with Crippen molar-refractivity contribution in [3.63, 3.8) is 0 Å². The third-order valence-corrected chi connectivity index (χ3v) is 5.06. The van der Waals surface area contributed by atoms with Gasteiger partial charge in [-0.3, -0.25) is 10.1 Å². The van der Waals surface area contributed by atoms with Crippen molar-refractivity contribution in [1.82, 2.24) is 4.98 Å². The first kappa shape index (κ1) is 19.1. The van der Waals surface area contributed by atoms with Gasteiger partial charge in [0.2, 0.25) is 0 Å². The second-order valence-electron chi connectivity index (χ2n) is 6.04. The monoisotopic (exact) mass is 367 g/mol. The predicted molar refractivity (Wildman–Crippen MR) is 89.4 cm³/mol. The van der Waals surface area contributed by atoms with Crippen molar-refractivity contribution in [3.8, 4) is 17.2 Å². The lowest BCUT2D eigenvalue weighted by molar-refractivity contribution is 0.146. The number of pyridine rings is 1. The van der Waals surface area contributed by atoms with E-state index in [1.807, 2.05) is 0 Å². The fourth-order valence-corrected chi connectivity index (χ4v) is 2.82. The molecule has 1 aromatic heterocycles. The topological polar surface area (TPSA) is 79.8 Å². The first-order valence-electron chi connectivity index (χ1n) is 7.30. The Morgan fingerprint density at radius 2 is 2.04 bits per heavy atom. The average molecular weight is 367 g/mol. The van der Waals surface area contributed by atoms with Crippen molar-refractivity contribution in [2.24, 2.45) is 5.14 Å². The summed E-state index contributed by atoms with van der Waals surface area (Å²) < 4.78 is 51.8. The van der Waals surface area contributed by atoms with Crippen LogP contribution in [0.4, 0.5) is 13.2 Å². The molecule has 0 radical (unpaired) electrons. The number of nitrogens with two attached hydrogens (primary N) is 1. The Hall–Kier alpha value is -2.24. The van der Waals surface area contributed by atoms with Gasteiger partial charge in [0.05, 0.1) is 21.3 Å². The summed E-state index contributed by atoms with van der Waals surface area (Å²) in [5.41, 5.74) is -0.522. The van der Waals surface area contributed by atoms with Crippen LogP contribution in [-0.2, 0) is 17.4 Å². The third kappa shape index (κ3) is 3.89. The molecule has 0 amide bonds. The number of nitriles is 1. The van der Waals surface area contributed by atoms with Gasteiger partial charge >= 0.3 is 0 Å². The highest BCUT2D eigenvalue weighted by Crippen LogP contribution is 2.37. The van der Waals surface area contributed by atoms with Gasteiger partial charge in [-0.1, -0.05) is 12.1 Å². The Morgan fingerprint density at radius 3 is 2.60 bits per heavy atom. The van der Waals surface area contributed by atoms with E-state index in [0.29, 0.717) is 5.56 Å². The second-order valence-corrected chi connectivity index (χ2v) is 7.74. The van der Waals surface area contributed by atoms with Crippen LogP contribution in [0.2, 0.25) is 0 Å². The molecular weight excluding hydrogens is 351 g/mol. The molecule has 1 unspecified atom stereocenters. The zero-order chi connectivity index (χ0) is 18.8. The molecule has 4 nitrogen and oxygen atoms in total. The number of halogens is 3.